The lowest BCUT2D eigenvalue weighted by atomic mass is 9.94. The number of hydrogen-bond acceptors (Lipinski definition) is 2. The monoisotopic (exact) mass is 411 g/mol. The van der Waals surface area contributed by atoms with Crippen LogP contribution < -0.4 is 0 Å². The summed E-state index contributed by atoms with van der Waals surface area (Å²) in [5, 5.41) is 2.26. The summed E-state index contributed by atoms with van der Waals surface area (Å²) in [6.07, 6.45) is 2.87. The van der Waals surface area contributed by atoms with Crippen LogP contribution in [0.4, 0.5) is 0 Å². The molecule has 2 aromatic heterocycles. The molecule has 0 amide bonds. The predicted octanol–water partition coefficient (Wildman–Crippen LogP) is 7.91. The number of aromatic nitrogens is 1. The Labute approximate surface area is 186 Å². The van der Waals surface area contributed by atoms with Crippen molar-refractivity contribution in [3.05, 3.63) is 127 Å². The van der Waals surface area contributed by atoms with Crippen LogP contribution in [-0.4, -0.2) is 4.98 Å². The minimum absolute atomic E-state index is 0.859. The summed E-state index contributed by atoms with van der Waals surface area (Å²) in [5.41, 5.74) is 8.81. The fourth-order valence-corrected chi connectivity index (χ4v) is 4.38. The van der Waals surface area contributed by atoms with Crippen LogP contribution in [0.15, 0.2) is 120 Å². The van der Waals surface area contributed by atoms with E-state index in [2.05, 4.69) is 84.9 Å². The molecule has 152 valence electrons. The Bertz CT molecular complexity index is 1530. The van der Waals surface area contributed by atoms with E-state index >= 15 is 0 Å². The Morgan fingerprint density at radius 3 is 2.16 bits per heavy atom. The van der Waals surface area contributed by atoms with Gasteiger partial charge in [0.25, 0.3) is 0 Å². The second-order valence-electron chi connectivity index (χ2n) is 8.06. The van der Waals surface area contributed by atoms with Gasteiger partial charge >= 0.3 is 0 Å². The van der Waals surface area contributed by atoms with Crippen LogP contribution in [0.1, 0.15) is 11.1 Å². The van der Waals surface area contributed by atoms with Crippen LogP contribution in [0.2, 0.25) is 0 Å². The number of para-hydroxylation sites is 1. The molecule has 4 aromatic carbocycles. The molecule has 6 rings (SSSR count). The van der Waals surface area contributed by atoms with Gasteiger partial charge in [0.05, 0.1) is 5.69 Å². The molecule has 0 N–H and O–H groups in total. The molecule has 0 aliphatic heterocycles. The van der Waals surface area contributed by atoms with Gasteiger partial charge in [0.1, 0.15) is 11.2 Å². The minimum Gasteiger partial charge on any atom is -0.456 e. The first-order chi connectivity index (χ1) is 15.8. The Kier molecular flexibility index (Phi) is 4.54. The van der Waals surface area contributed by atoms with Crippen molar-refractivity contribution < 1.29 is 4.42 Å². The molecule has 32 heavy (non-hydrogen) atoms. The second kappa shape index (κ2) is 7.82. The fourth-order valence-electron chi connectivity index (χ4n) is 4.38. The molecule has 0 saturated carbocycles. The molecule has 2 heteroatoms. The highest BCUT2D eigenvalue weighted by Gasteiger charge is 2.12. The van der Waals surface area contributed by atoms with Crippen molar-refractivity contribution in [2.24, 2.45) is 0 Å². The third kappa shape index (κ3) is 3.36. The minimum atomic E-state index is 0.859. The molecule has 0 atom stereocenters. The van der Waals surface area contributed by atoms with Gasteiger partial charge in [0.2, 0.25) is 0 Å². The van der Waals surface area contributed by atoms with E-state index in [1.165, 1.54) is 22.3 Å². The number of hydrogen-bond donors (Lipinski definition) is 0. The van der Waals surface area contributed by atoms with E-state index < -0.39 is 0 Å². The largest absolute Gasteiger partial charge is 0.456 e. The first-order valence-electron chi connectivity index (χ1n) is 10.8. The highest BCUT2D eigenvalue weighted by Crippen LogP contribution is 2.33. The first kappa shape index (κ1) is 18.6. The number of benzene rings is 4. The van der Waals surface area contributed by atoms with Crippen LogP contribution in [-0.2, 0) is 6.42 Å². The standard InChI is InChI=1S/C30H21NO/c1-3-9-21(10-4-1)17-24-19-28(31-20-27(24)22-11-5-2-6-12-22)23-15-16-30-26(18-23)25-13-7-8-14-29(25)32-30/h1-16,18-20H,17H2. The molecule has 0 fully saturated rings. The van der Waals surface area contributed by atoms with Crippen molar-refractivity contribution in [1.29, 1.82) is 0 Å². The normalized spacial score (nSPS) is 11.2. The fraction of sp³-hybridized carbons (Fsp3) is 0.0333. The van der Waals surface area contributed by atoms with Gasteiger partial charge in [-0.05, 0) is 53.4 Å². The van der Waals surface area contributed by atoms with Gasteiger partial charge in [0.15, 0.2) is 0 Å². The summed E-state index contributed by atoms with van der Waals surface area (Å²) in [7, 11) is 0. The highest BCUT2D eigenvalue weighted by molar-refractivity contribution is 6.06. The van der Waals surface area contributed by atoms with E-state index in [1.807, 2.05) is 30.5 Å². The molecule has 2 heterocycles. The number of fused-ring (bicyclic) bond motifs is 3. The summed E-state index contributed by atoms with van der Waals surface area (Å²) in [6, 6.07) is 37.9. The van der Waals surface area contributed by atoms with Crippen LogP contribution in [0.3, 0.4) is 0 Å². The van der Waals surface area contributed by atoms with E-state index in [9.17, 15) is 0 Å². The lowest BCUT2D eigenvalue weighted by Gasteiger charge is -2.12. The summed E-state index contributed by atoms with van der Waals surface area (Å²) in [4.78, 5) is 4.87. The van der Waals surface area contributed by atoms with Gasteiger partial charge in [-0.1, -0.05) is 78.9 Å². The third-order valence-electron chi connectivity index (χ3n) is 5.98. The van der Waals surface area contributed by atoms with Crippen LogP contribution >= 0.6 is 0 Å². The molecule has 0 spiro atoms. The highest BCUT2D eigenvalue weighted by atomic mass is 16.3. The van der Waals surface area contributed by atoms with Crippen LogP contribution in [0.5, 0.6) is 0 Å². The lowest BCUT2D eigenvalue weighted by Crippen LogP contribution is -1.96. The molecule has 0 bridgehead atoms. The topological polar surface area (TPSA) is 26.0 Å². The van der Waals surface area contributed by atoms with Crippen molar-refractivity contribution in [2.75, 3.05) is 0 Å². The smallest absolute Gasteiger partial charge is 0.135 e. The van der Waals surface area contributed by atoms with Gasteiger partial charge in [-0.25, -0.2) is 0 Å². The molecule has 2 nitrogen and oxygen atoms in total. The summed E-state index contributed by atoms with van der Waals surface area (Å²) < 4.78 is 6.00. The summed E-state index contributed by atoms with van der Waals surface area (Å²) >= 11 is 0. The van der Waals surface area contributed by atoms with Gasteiger partial charge in [-0.2, -0.15) is 0 Å². The average molecular weight is 412 g/mol. The van der Waals surface area contributed by atoms with Crippen LogP contribution in [0.25, 0.3) is 44.3 Å². The SMILES string of the molecule is c1ccc(Cc2cc(-c3ccc4oc5ccccc5c4c3)ncc2-c2ccccc2)cc1. The summed E-state index contributed by atoms with van der Waals surface area (Å²) in [5.74, 6) is 0. The van der Waals surface area contributed by atoms with Crippen molar-refractivity contribution in [2.45, 2.75) is 6.42 Å². The van der Waals surface area contributed by atoms with Crippen molar-refractivity contribution in [3.8, 4) is 22.4 Å². The Morgan fingerprint density at radius 1 is 0.594 bits per heavy atom. The number of nitrogens with zero attached hydrogens (tertiary/aromatic N) is 1. The average Bonchev–Trinajstić information content (AvgIpc) is 3.23. The zero-order chi connectivity index (χ0) is 21.3. The quantitative estimate of drug-likeness (QED) is 0.295. The number of rotatable bonds is 4. The Morgan fingerprint density at radius 2 is 1.31 bits per heavy atom. The predicted molar refractivity (Wildman–Crippen MR) is 132 cm³/mol. The van der Waals surface area contributed by atoms with E-state index in [4.69, 9.17) is 9.40 Å². The second-order valence-corrected chi connectivity index (χ2v) is 8.06. The molecule has 0 saturated heterocycles. The van der Waals surface area contributed by atoms with E-state index in [0.29, 0.717) is 0 Å². The Hall–Kier alpha value is -4.17. The van der Waals surface area contributed by atoms with Crippen molar-refractivity contribution >= 4 is 21.9 Å². The van der Waals surface area contributed by atoms with Gasteiger partial charge in [0, 0.05) is 28.1 Å². The zero-order valence-corrected chi connectivity index (χ0v) is 17.5. The maximum absolute atomic E-state index is 6.00. The van der Waals surface area contributed by atoms with Gasteiger partial charge in [-0.3, -0.25) is 4.98 Å². The number of furan rings is 1. The van der Waals surface area contributed by atoms with E-state index in [1.54, 1.807) is 0 Å². The maximum atomic E-state index is 6.00. The summed E-state index contributed by atoms with van der Waals surface area (Å²) in [6.45, 7) is 0. The van der Waals surface area contributed by atoms with Crippen LogP contribution in [0, 0.1) is 0 Å². The molecule has 0 aliphatic rings. The van der Waals surface area contributed by atoms with Gasteiger partial charge < -0.3 is 4.42 Å². The molecule has 6 aromatic rings. The molecular weight excluding hydrogens is 390 g/mol. The van der Waals surface area contributed by atoms with E-state index in [-0.39, 0.29) is 0 Å². The third-order valence-corrected chi connectivity index (χ3v) is 5.98. The number of pyridine rings is 1. The molecule has 0 unspecified atom stereocenters. The maximum Gasteiger partial charge on any atom is 0.135 e. The first-order valence-corrected chi connectivity index (χ1v) is 10.8. The van der Waals surface area contributed by atoms with E-state index in [0.717, 1.165) is 39.6 Å². The molecule has 0 radical (unpaired) electrons. The molecular formula is C30H21NO. The van der Waals surface area contributed by atoms with Crippen molar-refractivity contribution in [1.82, 2.24) is 4.98 Å². The zero-order valence-electron chi connectivity index (χ0n) is 17.5. The molecule has 0 aliphatic carbocycles. The lowest BCUT2D eigenvalue weighted by molar-refractivity contribution is 0.669. The van der Waals surface area contributed by atoms with Crippen molar-refractivity contribution in [3.63, 3.8) is 0 Å². The Balaban J connectivity index is 1.49. The van der Waals surface area contributed by atoms with Gasteiger partial charge in [-0.15, -0.1) is 0 Å².